The van der Waals surface area contributed by atoms with Crippen molar-refractivity contribution in [2.24, 2.45) is 0 Å². The molecule has 3 nitrogen and oxygen atoms in total. The predicted octanol–water partition coefficient (Wildman–Crippen LogP) is 3.89. The summed E-state index contributed by atoms with van der Waals surface area (Å²) in [6, 6.07) is 2.81. The number of hydrogen-bond acceptors (Lipinski definition) is 2. The van der Waals surface area contributed by atoms with Gasteiger partial charge in [0, 0.05) is 6.07 Å². The number of ether oxygens (including phenoxy) is 1. The normalized spacial score (nSPS) is 12.2. The summed E-state index contributed by atoms with van der Waals surface area (Å²) in [6.45, 7) is 1.70. The van der Waals surface area contributed by atoms with Crippen LogP contribution in [0.5, 0.6) is 5.75 Å². The zero-order valence-electron chi connectivity index (χ0n) is 8.34. The topological polar surface area (TPSA) is 46.5 Å². The van der Waals surface area contributed by atoms with Crippen LogP contribution < -0.4 is 4.74 Å². The Morgan fingerprint density at radius 1 is 1.31 bits per heavy atom. The fourth-order valence-corrected chi connectivity index (χ4v) is 1.64. The molecule has 1 rings (SSSR count). The molecule has 0 radical (unpaired) electrons. The van der Waals surface area contributed by atoms with Crippen molar-refractivity contribution < 1.29 is 14.6 Å². The first kappa shape index (κ1) is 13.4. The van der Waals surface area contributed by atoms with Gasteiger partial charge in [0.1, 0.15) is 5.75 Å². The van der Waals surface area contributed by atoms with Crippen molar-refractivity contribution >= 4 is 40.8 Å². The molecule has 0 bridgehead atoms. The molecule has 16 heavy (non-hydrogen) atoms. The maximum absolute atomic E-state index is 10.8. The molecule has 0 aliphatic heterocycles. The van der Waals surface area contributed by atoms with Gasteiger partial charge in [-0.15, -0.1) is 0 Å². The molecule has 0 heterocycles. The van der Waals surface area contributed by atoms with E-state index >= 15 is 0 Å². The molecule has 88 valence electrons. The van der Waals surface area contributed by atoms with Crippen LogP contribution in [0.4, 0.5) is 0 Å². The fourth-order valence-electron chi connectivity index (χ4n) is 1.06. The van der Waals surface area contributed by atoms with Gasteiger partial charge in [0.2, 0.25) is 0 Å². The largest absolute Gasteiger partial charge is 0.479 e. The number of carboxylic acids is 1. The van der Waals surface area contributed by atoms with Crippen LogP contribution >= 0.6 is 34.8 Å². The minimum atomic E-state index is -1.05. The Hall–Kier alpha value is -0.640. The minimum absolute atomic E-state index is 0.213. The average Bonchev–Trinajstić information content (AvgIpc) is 2.21. The molecule has 0 aliphatic carbocycles. The first-order valence-electron chi connectivity index (χ1n) is 4.49. The van der Waals surface area contributed by atoms with Crippen molar-refractivity contribution in [3.05, 3.63) is 27.2 Å². The van der Waals surface area contributed by atoms with E-state index < -0.39 is 12.1 Å². The van der Waals surface area contributed by atoms with E-state index in [9.17, 15) is 4.79 Å². The SMILES string of the molecule is CC[C@@H](Oc1cc(Cl)c(Cl)cc1Cl)C(=O)O. The van der Waals surface area contributed by atoms with Gasteiger partial charge in [-0.3, -0.25) is 0 Å². The standard InChI is InChI=1S/C10H9Cl3O3/c1-2-8(10(14)15)16-9-4-6(12)5(11)3-7(9)13/h3-4,8H,2H2,1H3,(H,14,15)/t8-/m1/s1. The van der Waals surface area contributed by atoms with E-state index in [2.05, 4.69) is 0 Å². The van der Waals surface area contributed by atoms with Crippen LogP contribution in [-0.2, 0) is 4.79 Å². The van der Waals surface area contributed by atoms with Crippen LogP contribution in [0, 0.1) is 0 Å². The Morgan fingerprint density at radius 3 is 2.38 bits per heavy atom. The van der Waals surface area contributed by atoms with Crippen LogP contribution in [-0.4, -0.2) is 17.2 Å². The summed E-state index contributed by atoms with van der Waals surface area (Å²) < 4.78 is 5.22. The van der Waals surface area contributed by atoms with E-state index in [-0.39, 0.29) is 15.8 Å². The number of carbonyl (C=O) groups is 1. The van der Waals surface area contributed by atoms with Gasteiger partial charge in [-0.1, -0.05) is 41.7 Å². The number of halogens is 3. The van der Waals surface area contributed by atoms with Gasteiger partial charge in [0.25, 0.3) is 0 Å². The van der Waals surface area contributed by atoms with Crippen LogP contribution in [0.25, 0.3) is 0 Å². The Balaban J connectivity index is 2.96. The van der Waals surface area contributed by atoms with Gasteiger partial charge in [0.15, 0.2) is 6.10 Å². The Bertz CT molecular complexity index is 407. The van der Waals surface area contributed by atoms with Crippen LogP contribution in [0.3, 0.4) is 0 Å². The van der Waals surface area contributed by atoms with E-state index in [0.29, 0.717) is 11.4 Å². The number of benzene rings is 1. The Labute approximate surface area is 108 Å². The molecule has 0 saturated carbocycles. The second-order valence-electron chi connectivity index (χ2n) is 3.05. The number of carboxylic acid groups (broad SMARTS) is 1. The van der Waals surface area contributed by atoms with Crippen LogP contribution in [0.2, 0.25) is 15.1 Å². The molecular weight excluding hydrogens is 274 g/mol. The predicted molar refractivity (Wildman–Crippen MR) is 63.8 cm³/mol. The zero-order chi connectivity index (χ0) is 12.3. The highest BCUT2D eigenvalue weighted by Crippen LogP contribution is 2.34. The highest BCUT2D eigenvalue weighted by Gasteiger charge is 2.19. The molecular formula is C10H9Cl3O3. The summed E-state index contributed by atoms with van der Waals surface area (Å²) in [6.07, 6.45) is -0.624. The van der Waals surface area contributed by atoms with Crippen molar-refractivity contribution in [1.29, 1.82) is 0 Å². The molecule has 0 saturated heterocycles. The van der Waals surface area contributed by atoms with Crippen molar-refractivity contribution in [2.75, 3.05) is 0 Å². The quantitative estimate of drug-likeness (QED) is 0.853. The highest BCUT2D eigenvalue weighted by atomic mass is 35.5. The molecule has 1 atom stereocenters. The van der Waals surface area contributed by atoms with Gasteiger partial charge < -0.3 is 9.84 Å². The van der Waals surface area contributed by atoms with Gasteiger partial charge in [-0.2, -0.15) is 0 Å². The lowest BCUT2D eigenvalue weighted by Gasteiger charge is -2.14. The van der Waals surface area contributed by atoms with E-state index in [4.69, 9.17) is 44.6 Å². The van der Waals surface area contributed by atoms with Crippen molar-refractivity contribution in [3.63, 3.8) is 0 Å². The summed E-state index contributed by atoms with van der Waals surface area (Å²) in [5, 5.41) is 9.61. The summed E-state index contributed by atoms with van der Waals surface area (Å²) in [4.78, 5) is 10.8. The molecule has 0 aromatic heterocycles. The van der Waals surface area contributed by atoms with Crippen molar-refractivity contribution in [1.82, 2.24) is 0 Å². The molecule has 0 fully saturated rings. The summed E-state index contributed by atoms with van der Waals surface area (Å²) >= 11 is 17.4. The van der Waals surface area contributed by atoms with Crippen molar-refractivity contribution in [3.8, 4) is 5.75 Å². The summed E-state index contributed by atoms with van der Waals surface area (Å²) in [5.74, 6) is -0.838. The fraction of sp³-hybridized carbons (Fsp3) is 0.300. The smallest absolute Gasteiger partial charge is 0.344 e. The first-order valence-corrected chi connectivity index (χ1v) is 5.63. The third-order valence-electron chi connectivity index (χ3n) is 1.89. The number of hydrogen-bond donors (Lipinski definition) is 1. The van der Waals surface area contributed by atoms with Gasteiger partial charge in [-0.05, 0) is 12.5 Å². The molecule has 0 spiro atoms. The molecule has 0 unspecified atom stereocenters. The Kier molecular flexibility index (Phi) is 4.71. The monoisotopic (exact) mass is 282 g/mol. The summed E-state index contributed by atoms with van der Waals surface area (Å²) in [5.41, 5.74) is 0. The average molecular weight is 284 g/mol. The van der Waals surface area contributed by atoms with Crippen LogP contribution in [0.1, 0.15) is 13.3 Å². The molecule has 0 amide bonds. The molecule has 1 N–H and O–H groups in total. The zero-order valence-corrected chi connectivity index (χ0v) is 10.6. The second kappa shape index (κ2) is 5.62. The van der Waals surface area contributed by atoms with Crippen LogP contribution in [0.15, 0.2) is 12.1 Å². The van der Waals surface area contributed by atoms with E-state index in [1.807, 2.05) is 0 Å². The van der Waals surface area contributed by atoms with Gasteiger partial charge >= 0.3 is 5.97 Å². The lowest BCUT2D eigenvalue weighted by Crippen LogP contribution is -2.26. The molecule has 6 heteroatoms. The number of aliphatic carboxylic acids is 1. The maximum atomic E-state index is 10.8. The molecule has 0 aliphatic rings. The van der Waals surface area contributed by atoms with E-state index in [1.54, 1.807) is 6.92 Å². The van der Waals surface area contributed by atoms with E-state index in [1.165, 1.54) is 12.1 Å². The van der Waals surface area contributed by atoms with Gasteiger partial charge in [0.05, 0.1) is 15.1 Å². The molecule has 1 aromatic carbocycles. The first-order chi connectivity index (χ1) is 7.45. The molecule has 1 aromatic rings. The minimum Gasteiger partial charge on any atom is -0.479 e. The number of rotatable bonds is 4. The second-order valence-corrected chi connectivity index (χ2v) is 4.27. The highest BCUT2D eigenvalue weighted by molar-refractivity contribution is 6.43. The third kappa shape index (κ3) is 3.17. The third-order valence-corrected chi connectivity index (χ3v) is 2.91. The van der Waals surface area contributed by atoms with Crippen molar-refractivity contribution in [2.45, 2.75) is 19.4 Å². The van der Waals surface area contributed by atoms with Gasteiger partial charge in [-0.25, -0.2) is 4.79 Å². The lowest BCUT2D eigenvalue weighted by atomic mass is 10.2. The maximum Gasteiger partial charge on any atom is 0.344 e. The lowest BCUT2D eigenvalue weighted by molar-refractivity contribution is -0.145. The summed E-state index contributed by atoms with van der Waals surface area (Å²) in [7, 11) is 0. The van der Waals surface area contributed by atoms with E-state index in [0.717, 1.165) is 0 Å². The Morgan fingerprint density at radius 2 is 1.88 bits per heavy atom.